The van der Waals surface area contributed by atoms with Gasteiger partial charge < -0.3 is 43.1 Å². The lowest BCUT2D eigenvalue weighted by Gasteiger charge is -2.28. The third-order valence-corrected chi connectivity index (χ3v) is 5.39. The van der Waals surface area contributed by atoms with Crippen LogP contribution in [-0.2, 0) is 24.0 Å². The zero-order valence-electron chi connectivity index (χ0n) is 19.7. The van der Waals surface area contributed by atoms with E-state index in [0.29, 0.717) is 32.1 Å². The van der Waals surface area contributed by atoms with Crippen LogP contribution in [0.1, 0.15) is 59.3 Å². The lowest BCUT2D eigenvalue weighted by Crippen LogP contribution is -2.59. The maximum Gasteiger partial charge on any atom is 0.243 e. The number of carbonyl (C=O) groups is 5. The van der Waals surface area contributed by atoms with E-state index in [-0.39, 0.29) is 25.2 Å². The van der Waals surface area contributed by atoms with E-state index in [2.05, 4.69) is 16.0 Å². The molecule has 0 aliphatic heterocycles. The number of nitrogens with one attached hydrogen (secondary N) is 3. The normalized spacial score (nSPS) is 16.4. The average molecular weight is 473 g/mol. The first kappa shape index (κ1) is 30.4. The van der Waals surface area contributed by atoms with Gasteiger partial charge in [-0.2, -0.15) is 0 Å². The quantitative estimate of drug-likeness (QED) is 0.0906. The van der Waals surface area contributed by atoms with Gasteiger partial charge in [0.1, 0.15) is 24.4 Å². The summed E-state index contributed by atoms with van der Waals surface area (Å²) in [6, 6.07) is -4.14. The Morgan fingerprint density at radius 3 is 2.09 bits per heavy atom. The Kier molecular flexibility index (Phi) is 14.9. The Morgan fingerprint density at radius 1 is 0.970 bits per heavy atom. The molecule has 0 radical (unpaired) electrons. The monoisotopic (exact) mass is 472 g/mol. The number of hydrogen-bond donors (Lipinski definition) is 7. The first-order valence-corrected chi connectivity index (χ1v) is 11.3. The van der Waals surface area contributed by atoms with E-state index in [4.69, 9.17) is 17.2 Å². The zero-order valence-corrected chi connectivity index (χ0v) is 19.7. The van der Waals surface area contributed by atoms with Gasteiger partial charge in [0, 0.05) is 6.42 Å². The van der Waals surface area contributed by atoms with Crippen LogP contribution in [0.4, 0.5) is 0 Å². The predicted molar refractivity (Wildman–Crippen MR) is 122 cm³/mol. The van der Waals surface area contributed by atoms with Crippen molar-refractivity contribution in [3.05, 3.63) is 0 Å². The molecule has 0 aliphatic rings. The molecule has 0 aromatic heterocycles. The first-order valence-electron chi connectivity index (χ1n) is 11.3. The van der Waals surface area contributed by atoms with Crippen LogP contribution in [-0.4, -0.2) is 71.8 Å². The second-order valence-electron chi connectivity index (χ2n) is 8.24. The highest BCUT2D eigenvalue weighted by molar-refractivity contribution is 5.93. The van der Waals surface area contributed by atoms with Gasteiger partial charge in [-0.1, -0.05) is 20.3 Å². The number of aliphatic hydroxyl groups excluding tert-OH is 1. The Bertz CT molecular complexity index is 659. The van der Waals surface area contributed by atoms with Gasteiger partial charge in [0.15, 0.2) is 0 Å². The molecule has 0 aliphatic carbocycles. The Hall–Kier alpha value is -2.57. The molecular formula is C21H40N6O6. The van der Waals surface area contributed by atoms with Gasteiger partial charge in [-0.15, -0.1) is 0 Å². The molecule has 0 heterocycles. The van der Waals surface area contributed by atoms with Crippen LogP contribution in [0.5, 0.6) is 0 Å². The van der Waals surface area contributed by atoms with Crippen molar-refractivity contribution < 1.29 is 29.1 Å². The van der Waals surface area contributed by atoms with E-state index < -0.39 is 53.9 Å². The second kappa shape index (κ2) is 16.1. The highest BCUT2D eigenvalue weighted by Crippen LogP contribution is 2.11. The number of rotatable bonds is 17. The summed E-state index contributed by atoms with van der Waals surface area (Å²) in [5.41, 5.74) is 16.4. The summed E-state index contributed by atoms with van der Waals surface area (Å²) in [6.07, 6.45) is 1.24. The average Bonchev–Trinajstić information content (AvgIpc) is 2.77. The van der Waals surface area contributed by atoms with Crippen LogP contribution in [0.3, 0.4) is 0 Å². The third kappa shape index (κ3) is 11.7. The van der Waals surface area contributed by atoms with E-state index in [1.165, 1.54) is 6.92 Å². The van der Waals surface area contributed by atoms with Gasteiger partial charge in [0.25, 0.3) is 0 Å². The Morgan fingerprint density at radius 2 is 1.61 bits per heavy atom. The molecule has 0 saturated heterocycles. The summed E-state index contributed by atoms with van der Waals surface area (Å²) in [5, 5.41) is 17.3. The first-order chi connectivity index (χ1) is 15.5. The molecule has 0 fully saturated rings. The summed E-state index contributed by atoms with van der Waals surface area (Å²) < 4.78 is 0. The smallest absolute Gasteiger partial charge is 0.243 e. The minimum Gasteiger partial charge on any atom is -0.391 e. The summed E-state index contributed by atoms with van der Waals surface area (Å²) >= 11 is 0. The molecule has 12 heteroatoms. The second-order valence-corrected chi connectivity index (χ2v) is 8.24. The van der Waals surface area contributed by atoms with Crippen molar-refractivity contribution >= 4 is 29.9 Å². The van der Waals surface area contributed by atoms with Crippen molar-refractivity contribution in [2.24, 2.45) is 23.1 Å². The summed E-state index contributed by atoms with van der Waals surface area (Å²) in [4.78, 5) is 60.3. The molecule has 0 saturated carbocycles. The molecule has 0 aromatic rings. The maximum atomic E-state index is 13.0. The van der Waals surface area contributed by atoms with Crippen molar-refractivity contribution in [3.8, 4) is 0 Å². The molecule has 33 heavy (non-hydrogen) atoms. The molecular weight excluding hydrogens is 432 g/mol. The lowest BCUT2D eigenvalue weighted by molar-refractivity contribution is -0.134. The van der Waals surface area contributed by atoms with E-state index >= 15 is 0 Å². The van der Waals surface area contributed by atoms with Gasteiger partial charge in [0.05, 0.1) is 12.1 Å². The van der Waals surface area contributed by atoms with Gasteiger partial charge in [-0.3, -0.25) is 19.2 Å². The molecule has 0 bridgehead atoms. The van der Waals surface area contributed by atoms with Gasteiger partial charge in [-0.25, -0.2) is 0 Å². The van der Waals surface area contributed by atoms with Gasteiger partial charge in [0.2, 0.25) is 23.6 Å². The topological polar surface area (TPSA) is 220 Å². The highest BCUT2D eigenvalue weighted by atomic mass is 16.3. The van der Waals surface area contributed by atoms with Gasteiger partial charge in [-0.05, 0) is 45.1 Å². The number of aliphatic hydroxyl groups is 1. The fourth-order valence-corrected chi connectivity index (χ4v) is 2.95. The fraction of sp³-hybridized carbons (Fsp3) is 0.762. The molecule has 4 amide bonds. The van der Waals surface area contributed by atoms with Crippen LogP contribution >= 0.6 is 0 Å². The van der Waals surface area contributed by atoms with Crippen molar-refractivity contribution in [2.45, 2.75) is 89.6 Å². The van der Waals surface area contributed by atoms with Crippen LogP contribution in [0.25, 0.3) is 0 Å². The molecule has 6 atom stereocenters. The number of primary amides is 1. The lowest BCUT2D eigenvalue weighted by atomic mass is 9.96. The van der Waals surface area contributed by atoms with E-state index in [9.17, 15) is 29.1 Å². The number of carbonyl (C=O) groups excluding carboxylic acids is 5. The molecule has 0 unspecified atom stereocenters. The van der Waals surface area contributed by atoms with Crippen molar-refractivity contribution in [3.63, 3.8) is 0 Å². The number of aldehydes is 1. The standard InChI is InChI=1S/C21H40N6O6/c1-4-12(2)18(21(33)26-16(11-28)13(3)29)27-20(32)15(7-5-6-10-22)25-19(31)14(23)8-9-17(24)30/h11-16,18,29H,4-10,22-23H2,1-3H3,(H2,24,30)(H,25,31)(H,26,33)(H,27,32)/t12-,13+,14-,15-,16+,18-/m0/s1. The maximum absolute atomic E-state index is 13.0. The predicted octanol–water partition coefficient (Wildman–Crippen LogP) is -2.21. The Balaban J connectivity index is 5.44. The number of amides is 4. The number of unbranched alkanes of at least 4 members (excludes halogenated alkanes) is 1. The third-order valence-electron chi connectivity index (χ3n) is 5.39. The molecule has 0 spiro atoms. The zero-order chi connectivity index (χ0) is 25.6. The molecule has 12 nitrogen and oxygen atoms in total. The van der Waals surface area contributed by atoms with Crippen LogP contribution in [0.2, 0.25) is 0 Å². The molecule has 0 aromatic carbocycles. The van der Waals surface area contributed by atoms with Crippen LogP contribution < -0.4 is 33.2 Å². The fourth-order valence-electron chi connectivity index (χ4n) is 2.95. The molecule has 190 valence electrons. The van der Waals surface area contributed by atoms with Crippen molar-refractivity contribution in [1.82, 2.24) is 16.0 Å². The minimum absolute atomic E-state index is 0.0304. The SMILES string of the molecule is CC[C@H](C)[C@H](NC(=O)[C@H](CCCCN)NC(=O)[C@@H](N)CCC(N)=O)C(=O)N[C@H](C=O)[C@@H](C)O. The number of hydrogen-bond acceptors (Lipinski definition) is 8. The summed E-state index contributed by atoms with van der Waals surface area (Å²) in [5.74, 6) is -2.73. The highest BCUT2D eigenvalue weighted by Gasteiger charge is 2.32. The van der Waals surface area contributed by atoms with E-state index in [0.717, 1.165) is 0 Å². The van der Waals surface area contributed by atoms with Crippen LogP contribution in [0, 0.1) is 5.92 Å². The largest absolute Gasteiger partial charge is 0.391 e. The van der Waals surface area contributed by atoms with Crippen molar-refractivity contribution in [1.29, 1.82) is 0 Å². The van der Waals surface area contributed by atoms with Gasteiger partial charge >= 0.3 is 0 Å². The summed E-state index contributed by atoms with van der Waals surface area (Å²) in [6.45, 7) is 5.36. The van der Waals surface area contributed by atoms with E-state index in [1.807, 2.05) is 6.92 Å². The summed E-state index contributed by atoms with van der Waals surface area (Å²) in [7, 11) is 0. The Labute approximate surface area is 194 Å². The molecule has 0 rings (SSSR count). The molecule has 10 N–H and O–H groups in total. The van der Waals surface area contributed by atoms with E-state index in [1.54, 1.807) is 6.92 Å². The number of nitrogens with two attached hydrogens (primary N) is 3. The van der Waals surface area contributed by atoms with Crippen molar-refractivity contribution in [2.75, 3.05) is 6.54 Å². The minimum atomic E-state index is -1.12. The van der Waals surface area contributed by atoms with Crippen LogP contribution in [0.15, 0.2) is 0 Å².